The Morgan fingerprint density at radius 2 is 1.96 bits per heavy atom. The van der Waals surface area contributed by atoms with Crippen molar-refractivity contribution in [2.45, 2.75) is 45.8 Å². The molecule has 1 unspecified atom stereocenters. The number of aromatic nitrogens is 2. The molecule has 0 aliphatic rings. The van der Waals surface area contributed by atoms with Gasteiger partial charge in [-0.2, -0.15) is 5.10 Å². The van der Waals surface area contributed by atoms with Gasteiger partial charge in [0.05, 0.1) is 6.20 Å². The topological polar surface area (TPSA) is 57.5 Å². The first-order valence-electron chi connectivity index (χ1n) is 9.76. The number of rotatable bonds is 10. The maximum Gasteiger partial charge on any atom is 0.190 e. The molecule has 0 amide bonds. The number of benzene rings is 1. The standard InChI is InChI=1S/C21H34N6/c1-18-15-25-27(16-18)14-8-12-23-21(22-3)24-13-11-19(2)26(4)17-20-9-6-5-7-10-20/h5-7,9-10,15-16,19H,8,11-14,17H2,1-4H3,(H2,22,23,24). The van der Waals surface area contributed by atoms with Gasteiger partial charge < -0.3 is 10.6 Å². The first-order valence-corrected chi connectivity index (χ1v) is 9.76. The molecule has 1 aromatic heterocycles. The SMILES string of the molecule is CN=C(NCCCn1cc(C)cn1)NCCC(C)N(C)Cc1ccccc1. The minimum absolute atomic E-state index is 0.499. The zero-order valence-electron chi connectivity index (χ0n) is 17.2. The van der Waals surface area contributed by atoms with Crippen molar-refractivity contribution < 1.29 is 0 Å². The number of aliphatic imine (C=N–C) groups is 1. The van der Waals surface area contributed by atoms with E-state index in [4.69, 9.17) is 0 Å². The number of aryl methyl sites for hydroxylation is 2. The number of nitrogens with one attached hydrogen (secondary N) is 2. The first-order chi connectivity index (χ1) is 13.1. The molecule has 6 heteroatoms. The van der Waals surface area contributed by atoms with Crippen LogP contribution in [0, 0.1) is 6.92 Å². The van der Waals surface area contributed by atoms with Crippen molar-refractivity contribution in [1.29, 1.82) is 0 Å². The summed E-state index contributed by atoms with van der Waals surface area (Å²) in [6, 6.07) is 11.1. The zero-order valence-corrected chi connectivity index (χ0v) is 17.2. The fraction of sp³-hybridized carbons (Fsp3) is 0.524. The highest BCUT2D eigenvalue weighted by Crippen LogP contribution is 2.07. The Balaban J connectivity index is 1.60. The molecular formula is C21H34N6. The molecule has 6 nitrogen and oxygen atoms in total. The molecule has 1 atom stereocenters. The van der Waals surface area contributed by atoms with Crippen LogP contribution in [0.2, 0.25) is 0 Å². The fourth-order valence-electron chi connectivity index (χ4n) is 2.90. The number of hydrogen-bond acceptors (Lipinski definition) is 3. The van der Waals surface area contributed by atoms with Gasteiger partial charge in [-0.1, -0.05) is 30.3 Å². The van der Waals surface area contributed by atoms with Gasteiger partial charge in [0.15, 0.2) is 5.96 Å². The molecule has 0 saturated heterocycles. The van der Waals surface area contributed by atoms with E-state index in [1.54, 1.807) is 0 Å². The Hall–Kier alpha value is -2.34. The van der Waals surface area contributed by atoms with Crippen LogP contribution < -0.4 is 10.6 Å². The van der Waals surface area contributed by atoms with Crippen LogP contribution in [0.25, 0.3) is 0 Å². The summed E-state index contributed by atoms with van der Waals surface area (Å²) < 4.78 is 1.98. The molecule has 0 saturated carbocycles. The van der Waals surface area contributed by atoms with E-state index in [0.29, 0.717) is 6.04 Å². The van der Waals surface area contributed by atoms with E-state index in [0.717, 1.165) is 45.0 Å². The molecule has 2 aromatic rings. The predicted molar refractivity (Wildman–Crippen MR) is 113 cm³/mol. The average Bonchev–Trinajstić information content (AvgIpc) is 3.09. The average molecular weight is 371 g/mol. The highest BCUT2D eigenvalue weighted by atomic mass is 15.3. The van der Waals surface area contributed by atoms with Crippen molar-refractivity contribution in [2.75, 3.05) is 27.2 Å². The highest BCUT2D eigenvalue weighted by Gasteiger charge is 2.09. The van der Waals surface area contributed by atoms with Gasteiger partial charge >= 0.3 is 0 Å². The monoisotopic (exact) mass is 370 g/mol. The Morgan fingerprint density at radius 3 is 2.63 bits per heavy atom. The van der Waals surface area contributed by atoms with Crippen molar-refractivity contribution in [3.63, 3.8) is 0 Å². The van der Waals surface area contributed by atoms with Crippen molar-refractivity contribution in [3.8, 4) is 0 Å². The second kappa shape index (κ2) is 11.4. The summed E-state index contributed by atoms with van der Waals surface area (Å²) in [5.41, 5.74) is 2.55. The summed E-state index contributed by atoms with van der Waals surface area (Å²) in [4.78, 5) is 6.69. The molecule has 0 spiro atoms. The summed E-state index contributed by atoms with van der Waals surface area (Å²) >= 11 is 0. The van der Waals surface area contributed by atoms with Crippen LogP contribution in [0.4, 0.5) is 0 Å². The van der Waals surface area contributed by atoms with Crippen LogP contribution in [-0.4, -0.2) is 53.9 Å². The van der Waals surface area contributed by atoms with Crippen LogP contribution in [0.5, 0.6) is 0 Å². The van der Waals surface area contributed by atoms with Gasteiger partial charge in [-0.25, -0.2) is 0 Å². The van der Waals surface area contributed by atoms with Gasteiger partial charge in [-0.3, -0.25) is 14.6 Å². The largest absolute Gasteiger partial charge is 0.356 e. The van der Waals surface area contributed by atoms with Crippen molar-refractivity contribution in [2.24, 2.45) is 4.99 Å². The lowest BCUT2D eigenvalue weighted by molar-refractivity contribution is 0.238. The molecule has 0 fully saturated rings. The van der Waals surface area contributed by atoms with Crippen LogP contribution in [0.3, 0.4) is 0 Å². The summed E-state index contributed by atoms with van der Waals surface area (Å²) in [7, 11) is 4.00. The van der Waals surface area contributed by atoms with Gasteiger partial charge in [-0.15, -0.1) is 0 Å². The number of hydrogen-bond donors (Lipinski definition) is 2. The molecule has 0 aliphatic heterocycles. The number of nitrogens with zero attached hydrogens (tertiary/aromatic N) is 4. The number of guanidine groups is 1. The van der Waals surface area contributed by atoms with Crippen molar-refractivity contribution >= 4 is 5.96 Å². The Morgan fingerprint density at radius 1 is 1.22 bits per heavy atom. The van der Waals surface area contributed by atoms with E-state index in [9.17, 15) is 0 Å². The van der Waals surface area contributed by atoms with Crippen molar-refractivity contribution in [3.05, 3.63) is 53.9 Å². The van der Waals surface area contributed by atoms with E-state index in [2.05, 4.69) is 83.0 Å². The lowest BCUT2D eigenvalue weighted by Gasteiger charge is -2.25. The third-order valence-corrected chi connectivity index (χ3v) is 4.72. The molecule has 0 radical (unpaired) electrons. The van der Waals surface area contributed by atoms with Gasteiger partial charge in [-0.05, 0) is 44.9 Å². The summed E-state index contributed by atoms with van der Waals surface area (Å²) in [6.45, 7) is 8.00. The molecular weight excluding hydrogens is 336 g/mol. The van der Waals surface area contributed by atoms with E-state index in [1.807, 2.05) is 17.9 Å². The molecule has 1 aromatic carbocycles. The highest BCUT2D eigenvalue weighted by molar-refractivity contribution is 5.79. The Labute approximate surface area is 163 Å². The minimum atomic E-state index is 0.499. The second-order valence-electron chi connectivity index (χ2n) is 7.10. The summed E-state index contributed by atoms with van der Waals surface area (Å²) in [5.74, 6) is 0.865. The molecule has 2 N–H and O–H groups in total. The zero-order chi connectivity index (χ0) is 19.5. The fourth-order valence-corrected chi connectivity index (χ4v) is 2.90. The maximum atomic E-state index is 4.31. The van der Waals surface area contributed by atoms with E-state index >= 15 is 0 Å². The maximum absolute atomic E-state index is 4.31. The van der Waals surface area contributed by atoms with Gasteiger partial charge in [0.1, 0.15) is 0 Å². The van der Waals surface area contributed by atoms with Crippen LogP contribution in [-0.2, 0) is 13.1 Å². The Bertz CT molecular complexity index is 679. The summed E-state index contributed by atoms with van der Waals surface area (Å²) in [5, 5.41) is 11.1. The summed E-state index contributed by atoms with van der Waals surface area (Å²) in [6.07, 6.45) is 6.04. The van der Waals surface area contributed by atoms with E-state index in [-0.39, 0.29) is 0 Å². The normalized spacial score (nSPS) is 13.0. The first kappa shape index (κ1) is 21.0. The molecule has 2 rings (SSSR count). The Kier molecular flexibility index (Phi) is 8.84. The smallest absolute Gasteiger partial charge is 0.190 e. The third-order valence-electron chi connectivity index (χ3n) is 4.72. The van der Waals surface area contributed by atoms with Crippen LogP contribution in [0.15, 0.2) is 47.7 Å². The molecule has 0 aliphatic carbocycles. The second-order valence-corrected chi connectivity index (χ2v) is 7.10. The van der Waals surface area contributed by atoms with Crippen LogP contribution >= 0.6 is 0 Å². The lowest BCUT2D eigenvalue weighted by atomic mass is 10.1. The van der Waals surface area contributed by atoms with Gasteiger partial charge in [0, 0.05) is 45.5 Å². The van der Waals surface area contributed by atoms with Gasteiger partial charge in [0.25, 0.3) is 0 Å². The molecule has 148 valence electrons. The molecule has 1 heterocycles. The van der Waals surface area contributed by atoms with E-state index < -0.39 is 0 Å². The lowest BCUT2D eigenvalue weighted by Crippen LogP contribution is -2.40. The van der Waals surface area contributed by atoms with Crippen LogP contribution in [0.1, 0.15) is 30.9 Å². The van der Waals surface area contributed by atoms with E-state index in [1.165, 1.54) is 11.1 Å². The minimum Gasteiger partial charge on any atom is -0.356 e. The molecule has 27 heavy (non-hydrogen) atoms. The predicted octanol–water partition coefficient (Wildman–Crippen LogP) is 2.66. The third kappa shape index (κ3) is 7.83. The van der Waals surface area contributed by atoms with Gasteiger partial charge in [0.2, 0.25) is 0 Å². The molecule has 0 bridgehead atoms. The van der Waals surface area contributed by atoms with Crippen molar-refractivity contribution in [1.82, 2.24) is 25.3 Å². The quantitative estimate of drug-likeness (QED) is 0.383.